The molecule has 0 fully saturated rings. The van der Waals surface area contributed by atoms with Crippen LogP contribution in [0.5, 0.6) is 0 Å². The van der Waals surface area contributed by atoms with Gasteiger partial charge >= 0.3 is 0 Å². The first-order valence-corrected chi connectivity index (χ1v) is 3.37. The predicted molar refractivity (Wildman–Crippen MR) is 40.7 cm³/mol. The van der Waals surface area contributed by atoms with Gasteiger partial charge in [0.1, 0.15) is 17.6 Å². The van der Waals surface area contributed by atoms with Crippen molar-refractivity contribution in [1.82, 2.24) is 0 Å². The average Bonchev–Trinajstić information content (AvgIpc) is 2.28. The fourth-order valence-corrected chi connectivity index (χ4v) is 1.03. The van der Waals surface area contributed by atoms with E-state index in [0.29, 0.717) is 0 Å². The summed E-state index contributed by atoms with van der Waals surface area (Å²) in [5.74, 6) is 1.53. The Labute approximate surface area is 65.4 Å². The molecule has 0 aliphatic rings. The van der Waals surface area contributed by atoms with Crippen LogP contribution in [0.15, 0.2) is 10.5 Å². The Bertz CT molecular complexity index is 296. The summed E-state index contributed by atoms with van der Waals surface area (Å²) in [6, 6.07) is 3.19. The molecule has 0 amide bonds. The third-order valence-corrected chi connectivity index (χ3v) is 1.55. The highest BCUT2D eigenvalue weighted by molar-refractivity contribution is 5.27. The first kappa shape index (κ1) is 7.83. The summed E-state index contributed by atoms with van der Waals surface area (Å²) in [7, 11) is 0. The van der Waals surface area contributed by atoms with Crippen LogP contribution >= 0.6 is 0 Å². The molecule has 1 rings (SSSR count). The van der Waals surface area contributed by atoms with E-state index in [0.717, 1.165) is 17.1 Å². The van der Waals surface area contributed by atoms with E-state index < -0.39 is 6.04 Å². The molecule has 0 aliphatic carbocycles. The number of nitriles is 1. The van der Waals surface area contributed by atoms with Crippen LogP contribution in [0.25, 0.3) is 0 Å². The molecule has 1 aromatic rings. The van der Waals surface area contributed by atoms with Gasteiger partial charge in [0.05, 0.1) is 6.07 Å². The number of nitrogens with two attached hydrogens (primary N) is 1. The van der Waals surface area contributed by atoms with Gasteiger partial charge in [0.2, 0.25) is 0 Å². The van der Waals surface area contributed by atoms with Gasteiger partial charge in [-0.3, -0.25) is 0 Å². The Kier molecular flexibility index (Phi) is 1.97. The van der Waals surface area contributed by atoms with E-state index in [4.69, 9.17) is 15.4 Å². The monoisotopic (exact) mass is 150 g/mol. The molecule has 1 atom stereocenters. The highest BCUT2D eigenvalue weighted by atomic mass is 16.3. The lowest BCUT2D eigenvalue weighted by Gasteiger charge is -1.97. The van der Waals surface area contributed by atoms with Crippen LogP contribution in [0.3, 0.4) is 0 Å². The zero-order valence-electron chi connectivity index (χ0n) is 6.59. The number of hydrogen-bond acceptors (Lipinski definition) is 3. The van der Waals surface area contributed by atoms with E-state index in [1.165, 1.54) is 0 Å². The fourth-order valence-electron chi connectivity index (χ4n) is 1.03. The van der Waals surface area contributed by atoms with E-state index in [1.54, 1.807) is 13.0 Å². The standard InChI is InChI=1S/C8H10N2O/c1-5-3-7(6(2)11-5)8(10)4-9/h3,8H,10H2,1-2H3. The Morgan fingerprint density at radius 1 is 1.64 bits per heavy atom. The summed E-state index contributed by atoms with van der Waals surface area (Å²) in [5.41, 5.74) is 6.27. The van der Waals surface area contributed by atoms with Gasteiger partial charge in [0.15, 0.2) is 0 Å². The lowest BCUT2D eigenvalue weighted by molar-refractivity contribution is 0.500. The number of hydrogen-bond donors (Lipinski definition) is 1. The molecule has 1 heterocycles. The van der Waals surface area contributed by atoms with Crippen LogP contribution < -0.4 is 5.73 Å². The molecule has 58 valence electrons. The molecule has 3 nitrogen and oxygen atoms in total. The quantitative estimate of drug-likeness (QED) is 0.658. The maximum absolute atomic E-state index is 8.51. The maximum Gasteiger partial charge on any atom is 0.122 e. The van der Waals surface area contributed by atoms with Crippen LogP contribution in [0, 0.1) is 25.2 Å². The summed E-state index contributed by atoms with van der Waals surface area (Å²) in [6.45, 7) is 3.64. The molecule has 0 radical (unpaired) electrons. The average molecular weight is 150 g/mol. The first-order chi connectivity index (χ1) is 5.15. The minimum absolute atomic E-state index is 0.563. The smallest absolute Gasteiger partial charge is 0.122 e. The van der Waals surface area contributed by atoms with Crippen LogP contribution in [-0.2, 0) is 0 Å². The van der Waals surface area contributed by atoms with Crippen molar-refractivity contribution in [2.75, 3.05) is 0 Å². The van der Waals surface area contributed by atoms with Crippen molar-refractivity contribution in [1.29, 1.82) is 5.26 Å². The molecule has 2 N–H and O–H groups in total. The fraction of sp³-hybridized carbons (Fsp3) is 0.375. The van der Waals surface area contributed by atoms with Crippen LogP contribution in [0.2, 0.25) is 0 Å². The summed E-state index contributed by atoms with van der Waals surface area (Å²) >= 11 is 0. The molecule has 0 aliphatic heterocycles. The SMILES string of the molecule is Cc1cc(C(N)C#N)c(C)o1. The molecule has 0 aromatic carbocycles. The minimum Gasteiger partial charge on any atom is -0.466 e. The van der Waals surface area contributed by atoms with E-state index in [1.807, 2.05) is 13.0 Å². The summed E-state index contributed by atoms with van der Waals surface area (Å²) in [4.78, 5) is 0. The topological polar surface area (TPSA) is 63.0 Å². The molecule has 0 bridgehead atoms. The third-order valence-electron chi connectivity index (χ3n) is 1.55. The van der Waals surface area contributed by atoms with Gasteiger partial charge in [-0.1, -0.05) is 0 Å². The van der Waals surface area contributed by atoms with Crippen molar-refractivity contribution in [2.24, 2.45) is 5.73 Å². The Morgan fingerprint density at radius 2 is 2.27 bits per heavy atom. The lowest BCUT2D eigenvalue weighted by Crippen LogP contribution is -2.06. The number of aryl methyl sites for hydroxylation is 2. The molecule has 0 saturated carbocycles. The second kappa shape index (κ2) is 2.77. The molecule has 0 spiro atoms. The van der Waals surface area contributed by atoms with Gasteiger partial charge < -0.3 is 10.2 Å². The van der Waals surface area contributed by atoms with Crippen molar-refractivity contribution in [3.63, 3.8) is 0 Å². The zero-order valence-corrected chi connectivity index (χ0v) is 6.59. The van der Waals surface area contributed by atoms with Gasteiger partial charge in [-0.15, -0.1) is 0 Å². The van der Waals surface area contributed by atoms with Gasteiger partial charge in [-0.05, 0) is 19.9 Å². The van der Waals surface area contributed by atoms with Crippen molar-refractivity contribution in [2.45, 2.75) is 19.9 Å². The molecule has 11 heavy (non-hydrogen) atoms. The van der Waals surface area contributed by atoms with Crippen LogP contribution in [0.4, 0.5) is 0 Å². The van der Waals surface area contributed by atoms with E-state index in [2.05, 4.69) is 0 Å². The number of nitrogens with zero attached hydrogens (tertiary/aromatic N) is 1. The molecular weight excluding hydrogens is 140 g/mol. The summed E-state index contributed by atoms with van der Waals surface area (Å²) in [5, 5.41) is 8.51. The number of furan rings is 1. The van der Waals surface area contributed by atoms with Crippen molar-refractivity contribution in [3.05, 3.63) is 23.2 Å². The predicted octanol–water partition coefficient (Wildman–Crippen LogP) is 1.42. The second-order valence-corrected chi connectivity index (χ2v) is 2.48. The maximum atomic E-state index is 8.51. The Morgan fingerprint density at radius 3 is 2.64 bits per heavy atom. The van der Waals surface area contributed by atoms with Crippen LogP contribution in [-0.4, -0.2) is 0 Å². The van der Waals surface area contributed by atoms with Crippen molar-refractivity contribution < 1.29 is 4.42 Å². The highest BCUT2D eigenvalue weighted by Gasteiger charge is 2.11. The number of rotatable bonds is 1. The van der Waals surface area contributed by atoms with Crippen molar-refractivity contribution >= 4 is 0 Å². The van der Waals surface area contributed by atoms with Gasteiger partial charge in [0, 0.05) is 5.56 Å². The second-order valence-electron chi connectivity index (χ2n) is 2.48. The lowest BCUT2D eigenvalue weighted by atomic mass is 10.1. The Hall–Kier alpha value is -1.27. The highest BCUT2D eigenvalue weighted by Crippen LogP contribution is 2.18. The van der Waals surface area contributed by atoms with Gasteiger partial charge in [-0.25, -0.2) is 0 Å². The normalized spacial score (nSPS) is 12.5. The van der Waals surface area contributed by atoms with Gasteiger partial charge in [-0.2, -0.15) is 5.26 Å². The summed E-state index contributed by atoms with van der Waals surface area (Å²) < 4.78 is 5.21. The Balaban J connectivity index is 3.05. The third kappa shape index (κ3) is 1.41. The first-order valence-electron chi connectivity index (χ1n) is 3.37. The molecular formula is C8H10N2O. The minimum atomic E-state index is -0.563. The molecule has 0 saturated heterocycles. The van der Waals surface area contributed by atoms with E-state index >= 15 is 0 Å². The zero-order chi connectivity index (χ0) is 8.43. The van der Waals surface area contributed by atoms with E-state index in [-0.39, 0.29) is 0 Å². The molecule has 1 unspecified atom stereocenters. The van der Waals surface area contributed by atoms with Gasteiger partial charge in [0.25, 0.3) is 0 Å². The largest absolute Gasteiger partial charge is 0.466 e. The summed E-state index contributed by atoms with van der Waals surface area (Å²) in [6.07, 6.45) is 0. The molecule has 1 aromatic heterocycles. The van der Waals surface area contributed by atoms with Crippen molar-refractivity contribution in [3.8, 4) is 6.07 Å². The van der Waals surface area contributed by atoms with E-state index in [9.17, 15) is 0 Å². The van der Waals surface area contributed by atoms with Crippen LogP contribution in [0.1, 0.15) is 23.1 Å². The molecule has 3 heteroatoms.